The van der Waals surface area contributed by atoms with Crippen molar-refractivity contribution in [2.45, 2.75) is 59.1 Å². The van der Waals surface area contributed by atoms with Crippen molar-refractivity contribution in [3.63, 3.8) is 0 Å². The first kappa shape index (κ1) is 37.3. The molecule has 6 rings (SSSR count). The molecule has 0 spiro atoms. The molecule has 3 aromatic carbocycles. The Balaban J connectivity index is 0.000000294. The maximum absolute atomic E-state index is 13.7. The number of aliphatic hydroxyl groups is 1. The zero-order valence-electron chi connectivity index (χ0n) is 29.1. The summed E-state index contributed by atoms with van der Waals surface area (Å²) in [6.07, 6.45) is 8.12. The molecule has 1 atom stereocenters. The molecular formula is C41H51N5O2S. The lowest BCUT2D eigenvalue weighted by Gasteiger charge is -2.24. The highest BCUT2D eigenvalue weighted by Gasteiger charge is 2.32. The van der Waals surface area contributed by atoms with E-state index in [0.717, 1.165) is 85.1 Å². The molecule has 1 aliphatic rings. The van der Waals surface area contributed by atoms with E-state index in [2.05, 4.69) is 59.6 Å². The Kier molecular flexibility index (Phi) is 15.3. The fraction of sp³-hybridized carbons (Fsp3) is 0.317. The van der Waals surface area contributed by atoms with Crippen LogP contribution in [-0.4, -0.2) is 51.6 Å². The van der Waals surface area contributed by atoms with Crippen LogP contribution in [0.15, 0.2) is 115 Å². The summed E-state index contributed by atoms with van der Waals surface area (Å²) in [5.41, 5.74) is 6.73. The summed E-state index contributed by atoms with van der Waals surface area (Å²) in [7, 11) is 0. The molecule has 8 heteroatoms. The Morgan fingerprint density at radius 3 is 2.22 bits per heavy atom. The molecule has 1 fully saturated rings. The molecular weight excluding hydrogens is 627 g/mol. The Labute approximate surface area is 296 Å². The number of thiazole rings is 1. The zero-order chi connectivity index (χ0) is 34.8. The number of benzene rings is 3. The second kappa shape index (κ2) is 20.1. The van der Waals surface area contributed by atoms with Crippen molar-refractivity contribution in [1.82, 2.24) is 25.1 Å². The molecule has 1 amide bonds. The van der Waals surface area contributed by atoms with Gasteiger partial charge in [0, 0.05) is 53.5 Å². The van der Waals surface area contributed by atoms with Gasteiger partial charge in [0.25, 0.3) is 5.91 Å². The number of carbonyl (C=O) groups is 1. The van der Waals surface area contributed by atoms with E-state index in [1.165, 1.54) is 5.56 Å². The number of rotatable bonds is 12. The van der Waals surface area contributed by atoms with Gasteiger partial charge in [-0.25, -0.2) is 4.98 Å². The van der Waals surface area contributed by atoms with Crippen molar-refractivity contribution in [1.29, 1.82) is 0 Å². The van der Waals surface area contributed by atoms with Crippen LogP contribution < -0.4 is 10.6 Å². The highest BCUT2D eigenvalue weighted by Crippen LogP contribution is 2.35. The van der Waals surface area contributed by atoms with Crippen molar-refractivity contribution >= 4 is 22.9 Å². The maximum Gasteiger partial charge on any atom is 0.254 e. The second-order valence-corrected chi connectivity index (χ2v) is 13.0. The fourth-order valence-corrected chi connectivity index (χ4v) is 6.44. The maximum atomic E-state index is 13.7. The lowest BCUT2D eigenvalue weighted by atomic mass is 10.0. The van der Waals surface area contributed by atoms with Crippen LogP contribution in [0.25, 0.3) is 11.4 Å². The number of nitrogens with zero attached hydrogens (tertiary/aromatic N) is 3. The van der Waals surface area contributed by atoms with Crippen LogP contribution in [0.2, 0.25) is 0 Å². The molecule has 3 N–H and O–H groups in total. The van der Waals surface area contributed by atoms with E-state index in [0.29, 0.717) is 5.56 Å². The molecule has 1 aliphatic heterocycles. The molecule has 0 radical (unpaired) electrons. The minimum atomic E-state index is 0.0573. The van der Waals surface area contributed by atoms with Gasteiger partial charge in [0.15, 0.2) is 0 Å². The van der Waals surface area contributed by atoms with Crippen LogP contribution in [0.5, 0.6) is 0 Å². The van der Waals surface area contributed by atoms with Crippen molar-refractivity contribution in [3.05, 3.63) is 148 Å². The monoisotopic (exact) mass is 677 g/mol. The van der Waals surface area contributed by atoms with Crippen molar-refractivity contribution in [2.24, 2.45) is 0 Å². The first-order chi connectivity index (χ1) is 23.9. The zero-order valence-corrected chi connectivity index (χ0v) is 30.0. The van der Waals surface area contributed by atoms with E-state index in [9.17, 15) is 4.79 Å². The summed E-state index contributed by atoms with van der Waals surface area (Å²) in [5.74, 6) is 0.0576. The van der Waals surface area contributed by atoms with Gasteiger partial charge in [-0.1, -0.05) is 79.7 Å². The third-order valence-electron chi connectivity index (χ3n) is 8.11. The minimum absolute atomic E-state index is 0.0573. The van der Waals surface area contributed by atoms with Gasteiger partial charge in [0.2, 0.25) is 0 Å². The molecule has 0 bridgehead atoms. The Morgan fingerprint density at radius 1 is 0.939 bits per heavy atom. The quantitative estimate of drug-likeness (QED) is 0.116. The van der Waals surface area contributed by atoms with Gasteiger partial charge in [0.05, 0.1) is 12.6 Å². The standard InChI is InChI=1S/C27H35N5OS.C7H8O.C7H8/c1-4-10-28-11-8-12-29-21(3)22-16-23(18-24(17-22)31-13-5-6-14-31)27(33)32-15-7-9-25(32)26-30-20(2)19-34-26;8-6-7-4-2-1-3-5-7;1-7-5-3-2-4-6-7/h5-6,13-14,16-19,25,28-29H,3-4,7-12,15H2,1-2H3;1-5,8H,6H2;2-6H,1H3. The summed E-state index contributed by atoms with van der Waals surface area (Å²) in [6, 6.07) is 29.9. The summed E-state index contributed by atoms with van der Waals surface area (Å²) in [4.78, 5) is 20.4. The Bertz CT molecular complexity index is 1690. The first-order valence-corrected chi connectivity index (χ1v) is 18.1. The second-order valence-electron chi connectivity index (χ2n) is 12.1. The number of hydrogen-bond acceptors (Lipinski definition) is 6. The lowest BCUT2D eigenvalue weighted by molar-refractivity contribution is 0.0735. The summed E-state index contributed by atoms with van der Waals surface area (Å²) in [6.45, 7) is 14.3. The van der Waals surface area contributed by atoms with Crippen LogP contribution in [0.4, 0.5) is 0 Å². The normalized spacial score (nSPS) is 13.6. The van der Waals surface area contributed by atoms with Crippen LogP contribution >= 0.6 is 11.3 Å². The summed E-state index contributed by atoms with van der Waals surface area (Å²) in [5, 5.41) is 18.5. The molecule has 1 unspecified atom stereocenters. The highest BCUT2D eigenvalue weighted by molar-refractivity contribution is 7.09. The van der Waals surface area contributed by atoms with Gasteiger partial charge in [-0.2, -0.15) is 0 Å². The largest absolute Gasteiger partial charge is 0.392 e. The Hall–Kier alpha value is -4.50. The number of aliphatic hydroxyl groups excluding tert-OH is 1. The van der Waals surface area contributed by atoms with E-state index in [4.69, 9.17) is 5.11 Å². The van der Waals surface area contributed by atoms with Gasteiger partial charge in [-0.15, -0.1) is 11.3 Å². The average molecular weight is 678 g/mol. The SMILES string of the molecule is C=C(NCCCNCCC)c1cc(C(=O)N2CCCC2c2nc(C)cs2)cc(-n2cccc2)c1.Cc1ccccc1.OCc1ccccc1. The van der Waals surface area contributed by atoms with Gasteiger partial charge in [0.1, 0.15) is 5.01 Å². The van der Waals surface area contributed by atoms with E-state index in [1.54, 1.807) is 11.3 Å². The molecule has 258 valence electrons. The molecule has 2 aromatic heterocycles. The van der Waals surface area contributed by atoms with E-state index in [1.807, 2.05) is 102 Å². The molecule has 7 nitrogen and oxygen atoms in total. The highest BCUT2D eigenvalue weighted by atomic mass is 32.1. The van der Waals surface area contributed by atoms with Crippen LogP contribution in [0, 0.1) is 13.8 Å². The molecule has 0 saturated carbocycles. The number of nitrogens with one attached hydrogen (secondary N) is 2. The van der Waals surface area contributed by atoms with Crippen molar-refractivity contribution in [2.75, 3.05) is 26.2 Å². The average Bonchev–Trinajstić information content (AvgIpc) is 3.93. The number of likely N-dealkylation sites (tertiary alicyclic amines) is 1. The van der Waals surface area contributed by atoms with Gasteiger partial charge in [-0.3, -0.25) is 4.79 Å². The predicted octanol–water partition coefficient (Wildman–Crippen LogP) is 8.34. The molecule has 5 aromatic rings. The molecule has 1 saturated heterocycles. The van der Waals surface area contributed by atoms with Gasteiger partial charge >= 0.3 is 0 Å². The van der Waals surface area contributed by atoms with Crippen LogP contribution in [0.1, 0.15) is 76.4 Å². The third-order valence-corrected chi connectivity index (χ3v) is 9.18. The lowest BCUT2D eigenvalue weighted by Crippen LogP contribution is -2.30. The number of aromatic nitrogens is 2. The number of hydrogen-bond donors (Lipinski definition) is 3. The van der Waals surface area contributed by atoms with Crippen LogP contribution in [-0.2, 0) is 6.61 Å². The van der Waals surface area contributed by atoms with E-state index < -0.39 is 0 Å². The summed E-state index contributed by atoms with van der Waals surface area (Å²) < 4.78 is 2.04. The fourth-order valence-electron chi connectivity index (χ4n) is 5.50. The van der Waals surface area contributed by atoms with E-state index in [-0.39, 0.29) is 18.6 Å². The van der Waals surface area contributed by atoms with Crippen molar-refractivity contribution in [3.8, 4) is 5.69 Å². The Morgan fingerprint density at radius 2 is 1.63 bits per heavy atom. The topological polar surface area (TPSA) is 82.4 Å². The summed E-state index contributed by atoms with van der Waals surface area (Å²) >= 11 is 1.65. The predicted molar refractivity (Wildman–Crippen MR) is 204 cm³/mol. The number of aryl methyl sites for hydroxylation is 2. The molecule has 3 heterocycles. The van der Waals surface area contributed by atoms with Crippen LogP contribution in [0.3, 0.4) is 0 Å². The number of carbonyl (C=O) groups excluding carboxylic acids is 1. The minimum Gasteiger partial charge on any atom is -0.392 e. The molecule has 49 heavy (non-hydrogen) atoms. The smallest absolute Gasteiger partial charge is 0.254 e. The third kappa shape index (κ3) is 11.9. The molecule has 0 aliphatic carbocycles. The number of amides is 1. The first-order valence-electron chi connectivity index (χ1n) is 17.2. The van der Waals surface area contributed by atoms with E-state index >= 15 is 0 Å². The van der Waals surface area contributed by atoms with Gasteiger partial charge < -0.3 is 25.2 Å². The van der Waals surface area contributed by atoms with Gasteiger partial charge in [-0.05, 0) is 94.1 Å². The van der Waals surface area contributed by atoms with Crippen molar-refractivity contribution < 1.29 is 9.90 Å².